The molecule has 0 atom stereocenters. The van der Waals surface area contributed by atoms with Crippen LogP contribution in [0.5, 0.6) is 0 Å². The standard InChI is InChI=1S/C10H11Cl2N3O/c1-14-3-2-13-10(16)15(14)9-5-7(11)4-8(12)6-9/h4-6H,2-3H2,1H3,(H,13,16). The first kappa shape index (κ1) is 11.5. The van der Waals surface area contributed by atoms with E-state index in [4.69, 9.17) is 23.2 Å². The second kappa shape index (κ2) is 4.49. The van der Waals surface area contributed by atoms with Crippen molar-refractivity contribution >= 4 is 34.9 Å². The SMILES string of the molecule is CN1CCNC(=O)N1c1cc(Cl)cc(Cl)c1. The van der Waals surface area contributed by atoms with Crippen LogP contribution < -0.4 is 10.3 Å². The number of hydrogen-bond donors (Lipinski definition) is 1. The van der Waals surface area contributed by atoms with Gasteiger partial charge in [0.25, 0.3) is 0 Å². The molecule has 86 valence electrons. The molecule has 0 aliphatic carbocycles. The number of carbonyl (C=O) groups is 1. The molecular formula is C10H11Cl2N3O. The predicted octanol–water partition coefficient (Wildman–Crippen LogP) is 2.37. The number of nitrogens with one attached hydrogen (secondary N) is 1. The highest BCUT2D eigenvalue weighted by Crippen LogP contribution is 2.26. The fourth-order valence-electron chi connectivity index (χ4n) is 1.63. The average Bonchev–Trinajstić information content (AvgIpc) is 2.15. The molecule has 2 amide bonds. The first-order valence-corrected chi connectivity index (χ1v) is 5.58. The molecule has 1 aliphatic rings. The maximum atomic E-state index is 11.7. The summed E-state index contributed by atoms with van der Waals surface area (Å²) in [4.78, 5) is 11.7. The molecule has 0 bridgehead atoms. The highest BCUT2D eigenvalue weighted by molar-refractivity contribution is 6.35. The van der Waals surface area contributed by atoms with E-state index in [-0.39, 0.29) is 6.03 Å². The minimum Gasteiger partial charge on any atom is -0.335 e. The van der Waals surface area contributed by atoms with E-state index in [0.717, 1.165) is 6.54 Å². The summed E-state index contributed by atoms with van der Waals surface area (Å²) in [6, 6.07) is 4.87. The summed E-state index contributed by atoms with van der Waals surface area (Å²) in [5.74, 6) is 0. The van der Waals surface area contributed by atoms with Crippen LogP contribution in [-0.2, 0) is 0 Å². The highest BCUT2D eigenvalue weighted by Gasteiger charge is 2.24. The molecule has 1 aliphatic heterocycles. The molecule has 1 N–H and O–H groups in total. The Kier molecular flexibility index (Phi) is 3.23. The van der Waals surface area contributed by atoms with Gasteiger partial charge in [-0.25, -0.2) is 14.8 Å². The first-order valence-electron chi connectivity index (χ1n) is 4.83. The van der Waals surface area contributed by atoms with Crippen molar-refractivity contribution in [1.29, 1.82) is 0 Å². The highest BCUT2D eigenvalue weighted by atomic mass is 35.5. The number of benzene rings is 1. The van der Waals surface area contributed by atoms with Crippen LogP contribution in [0.1, 0.15) is 0 Å². The van der Waals surface area contributed by atoms with Gasteiger partial charge in [-0.3, -0.25) is 0 Å². The largest absolute Gasteiger partial charge is 0.336 e. The molecule has 1 aromatic rings. The van der Waals surface area contributed by atoms with E-state index in [9.17, 15) is 4.79 Å². The zero-order chi connectivity index (χ0) is 11.7. The number of urea groups is 1. The number of hydrogen-bond acceptors (Lipinski definition) is 2. The first-order chi connectivity index (χ1) is 7.58. The van der Waals surface area contributed by atoms with Crippen molar-refractivity contribution in [1.82, 2.24) is 10.3 Å². The van der Waals surface area contributed by atoms with Crippen LogP contribution in [0.15, 0.2) is 18.2 Å². The summed E-state index contributed by atoms with van der Waals surface area (Å²) in [5, 5.41) is 7.11. The van der Waals surface area contributed by atoms with Crippen molar-refractivity contribution in [2.24, 2.45) is 0 Å². The van der Waals surface area contributed by atoms with E-state index in [1.807, 2.05) is 12.1 Å². The number of carbonyl (C=O) groups excluding carboxylic acids is 1. The van der Waals surface area contributed by atoms with E-state index in [1.54, 1.807) is 18.2 Å². The Hall–Kier alpha value is -0.970. The minimum absolute atomic E-state index is 0.174. The topological polar surface area (TPSA) is 35.6 Å². The molecule has 1 heterocycles. The van der Waals surface area contributed by atoms with E-state index in [2.05, 4.69) is 5.32 Å². The Balaban J connectivity index is 2.37. The lowest BCUT2D eigenvalue weighted by atomic mass is 10.3. The van der Waals surface area contributed by atoms with Gasteiger partial charge in [-0.1, -0.05) is 23.2 Å². The van der Waals surface area contributed by atoms with Gasteiger partial charge < -0.3 is 5.32 Å². The molecule has 1 fully saturated rings. The molecule has 4 nitrogen and oxygen atoms in total. The van der Waals surface area contributed by atoms with Crippen LogP contribution in [0, 0.1) is 0 Å². The Labute approximate surface area is 104 Å². The third-order valence-electron chi connectivity index (χ3n) is 2.34. The van der Waals surface area contributed by atoms with E-state index >= 15 is 0 Å². The second-order valence-corrected chi connectivity index (χ2v) is 4.43. The lowest BCUT2D eigenvalue weighted by Gasteiger charge is -2.36. The molecule has 0 saturated carbocycles. The lowest BCUT2D eigenvalue weighted by Crippen LogP contribution is -2.57. The lowest BCUT2D eigenvalue weighted by molar-refractivity contribution is 0.208. The summed E-state index contributed by atoms with van der Waals surface area (Å²) in [6.07, 6.45) is 0. The summed E-state index contributed by atoms with van der Waals surface area (Å²) in [5.41, 5.74) is 0.664. The quantitative estimate of drug-likeness (QED) is 0.841. The van der Waals surface area contributed by atoms with Crippen LogP contribution >= 0.6 is 23.2 Å². The predicted molar refractivity (Wildman–Crippen MR) is 65.0 cm³/mol. The van der Waals surface area contributed by atoms with Gasteiger partial charge in [-0.15, -0.1) is 0 Å². The Bertz CT molecular complexity index is 404. The maximum absolute atomic E-state index is 11.7. The Morgan fingerprint density at radius 3 is 2.44 bits per heavy atom. The van der Waals surface area contributed by atoms with Gasteiger partial charge in [0, 0.05) is 30.2 Å². The summed E-state index contributed by atoms with van der Waals surface area (Å²) >= 11 is 11.8. The number of rotatable bonds is 1. The number of likely N-dealkylation sites (N-methyl/N-ethyl adjacent to an activating group) is 1. The van der Waals surface area contributed by atoms with Crippen molar-refractivity contribution in [3.63, 3.8) is 0 Å². The van der Waals surface area contributed by atoms with Crippen molar-refractivity contribution in [2.75, 3.05) is 25.1 Å². The van der Waals surface area contributed by atoms with Crippen LogP contribution in [0.25, 0.3) is 0 Å². The number of halogens is 2. The van der Waals surface area contributed by atoms with Crippen molar-refractivity contribution in [2.45, 2.75) is 0 Å². The van der Waals surface area contributed by atoms with Crippen LogP contribution in [0.2, 0.25) is 10.0 Å². The van der Waals surface area contributed by atoms with Gasteiger partial charge in [-0.2, -0.15) is 0 Å². The van der Waals surface area contributed by atoms with Gasteiger partial charge in [0.05, 0.1) is 5.69 Å². The molecule has 16 heavy (non-hydrogen) atoms. The Morgan fingerprint density at radius 2 is 1.88 bits per heavy atom. The van der Waals surface area contributed by atoms with Gasteiger partial charge in [0.15, 0.2) is 0 Å². The molecule has 0 unspecified atom stereocenters. The molecule has 0 radical (unpaired) electrons. The summed E-state index contributed by atoms with van der Waals surface area (Å²) < 4.78 is 0. The minimum atomic E-state index is -0.174. The summed E-state index contributed by atoms with van der Waals surface area (Å²) in [6.45, 7) is 1.38. The fraction of sp³-hybridized carbons (Fsp3) is 0.300. The van der Waals surface area contributed by atoms with Gasteiger partial charge in [0.2, 0.25) is 0 Å². The third-order valence-corrected chi connectivity index (χ3v) is 2.77. The molecule has 1 saturated heterocycles. The van der Waals surface area contributed by atoms with Crippen LogP contribution in [-0.4, -0.2) is 31.2 Å². The third kappa shape index (κ3) is 2.24. The summed E-state index contributed by atoms with van der Waals surface area (Å²) in [7, 11) is 1.84. The van der Waals surface area contributed by atoms with Crippen molar-refractivity contribution in [3.8, 4) is 0 Å². The molecule has 2 rings (SSSR count). The van der Waals surface area contributed by atoms with Gasteiger partial charge in [-0.05, 0) is 18.2 Å². The van der Waals surface area contributed by atoms with Crippen LogP contribution in [0.4, 0.5) is 10.5 Å². The molecule has 6 heteroatoms. The second-order valence-electron chi connectivity index (χ2n) is 3.55. The number of nitrogens with zero attached hydrogens (tertiary/aromatic N) is 2. The zero-order valence-corrected chi connectivity index (χ0v) is 10.2. The van der Waals surface area contributed by atoms with Crippen molar-refractivity contribution in [3.05, 3.63) is 28.2 Å². The Morgan fingerprint density at radius 1 is 1.25 bits per heavy atom. The van der Waals surface area contributed by atoms with Crippen LogP contribution in [0.3, 0.4) is 0 Å². The molecule has 0 spiro atoms. The van der Waals surface area contributed by atoms with Crippen molar-refractivity contribution < 1.29 is 4.79 Å². The maximum Gasteiger partial charge on any atom is 0.336 e. The molecular weight excluding hydrogens is 249 g/mol. The fourth-order valence-corrected chi connectivity index (χ4v) is 2.15. The van der Waals surface area contributed by atoms with E-state index in [0.29, 0.717) is 22.3 Å². The number of amides is 2. The molecule has 1 aromatic carbocycles. The van der Waals surface area contributed by atoms with Gasteiger partial charge >= 0.3 is 6.03 Å². The average molecular weight is 260 g/mol. The number of hydrazine groups is 1. The molecule has 0 aromatic heterocycles. The smallest absolute Gasteiger partial charge is 0.335 e. The normalized spacial score (nSPS) is 17.4. The zero-order valence-electron chi connectivity index (χ0n) is 8.70. The van der Waals surface area contributed by atoms with E-state index < -0.39 is 0 Å². The van der Waals surface area contributed by atoms with E-state index in [1.165, 1.54) is 5.01 Å². The van der Waals surface area contributed by atoms with Gasteiger partial charge in [0.1, 0.15) is 0 Å². The number of anilines is 1. The monoisotopic (exact) mass is 259 g/mol.